The molecule has 21 heavy (non-hydrogen) atoms. The van der Waals surface area contributed by atoms with Gasteiger partial charge in [0, 0.05) is 18.2 Å². The van der Waals surface area contributed by atoms with Gasteiger partial charge in [-0.05, 0) is 32.0 Å². The Morgan fingerprint density at radius 3 is 2.52 bits per heavy atom. The summed E-state index contributed by atoms with van der Waals surface area (Å²) in [6.45, 7) is 4.87. The lowest BCUT2D eigenvalue weighted by Gasteiger charge is -2.25. The van der Waals surface area contributed by atoms with Crippen LogP contribution < -0.4 is 0 Å². The number of benzene rings is 1. The van der Waals surface area contributed by atoms with Gasteiger partial charge >= 0.3 is 5.97 Å². The first-order chi connectivity index (χ1) is 9.97. The standard InChI is InChI=1S/C16H18FNO3/c1-11(2)18(9-12-5-3-4-6-14(12)17)10-13-7-8-15(21-13)16(19)20/h3-8,11H,9-10H2,1-2H3,(H,19,20). The fraction of sp³-hybridized carbons (Fsp3) is 0.312. The molecule has 1 aromatic carbocycles. The van der Waals surface area contributed by atoms with Crippen LogP contribution >= 0.6 is 0 Å². The highest BCUT2D eigenvalue weighted by atomic mass is 19.1. The van der Waals surface area contributed by atoms with E-state index in [0.29, 0.717) is 24.4 Å². The van der Waals surface area contributed by atoms with Crippen molar-refractivity contribution >= 4 is 5.97 Å². The van der Waals surface area contributed by atoms with E-state index in [1.165, 1.54) is 12.1 Å². The average molecular weight is 291 g/mol. The number of carboxylic acid groups (broad SMARTS) is 1. The van der Waals surface area contributed by atoms with E-state index >= 15 is 0 Å². The normalized spacial score (nSPS) is 11.3. The zero-order valence-corrected chi connectivity index (χ0v) is 12.0. The molecule has 0 amide bonds. The van der Waals surface area contributed by atoms with Crippen molar-refractivity contribution in [2.45, 2.75) is 33.0 Å². The molecule has 112 valence electrons. The van der Waals surface area contributed by atoms with Gasteiger partial charge in [-0.3, -0.25) is 4.90 Å². The summed E-state index contributed by atoms with van der Waals surface area (Å²) in [4.78, 5) is 12.8. The lowest BCUT2D eigenvalue weighted by Crippen LogP contribution is -2.30. The van der Waals surface area contributed by atoms with Crippen LogP contribution in [-0.4, -0.2) is 22.0 Å². The predicted molar refractivity (Wildman–Crippen MR) is 76.5 cm³/mol. The van der Waals surface area contributed by atoms with Gasteiger partial charge in [0.15, 0.2) is 0 Å². The molecule has 1 aromatic heterocycles. The Hall–Kier alpha value is -2.14. The number of halogens is 1. The Morgan fingerprint density at radius 2 is 1.95 bits per heavy atom. The van der Waals surface area contributed by atoms with Gasteiger partial charge in [0.2, 0.25) is 5.76 Å². The minimum absolute atomic E-state index is 0.0837. The number of rotatable bonds is 6. The summed E-state index contributed by atoms with van der Waals surface area (Å²) in [5, 5.41) is 8.86. The maximum atomic E-state index is 13.7. The van der Waals surface area contributed by atoms with Gasteiger partial charge in [-0.1, -0.05) is 18.2 Å². The second kappa shape index (κ2) is 6.54. The Morgan fingerprint density at radius 1 is 1.24 bits per heavy atom. The summed E-state index contributed by atoms with van der Waals surface area (Å²) >= 11 is 0. The Bertz CT molecular complexity index is 621. The third kappa shape index (κ3) is 3.92. The van der Waals surface area contributed by atoms with E-state index in [9.17, 15) is 9.18 Å². The van der Waals surface area contributed by atoms with Crippen LogP contribution in [0.4, 0.5) is 4.39 Å². The summed E-state index contributed by atoms with van der Waals surface area (Å²) in [5.74, 6) is -0.864. The summed E-state index contributed by atoms with van der Waals surface area (Å²) < 4.78 is 19.0. The van der Waals surface area contributed by atoms with Crippen LogP contribution in [-0.2, 0) is 13.1 Å². The minimum atomic E-state index is -1.09. The fourth-order valence-corrected chi connectivity index (χ4v) is 2.04. The Labute approximate surface area is 122 Å². The van der Waals surface area contributed by atoms with Gasteiger partial charge in [-0.15, -0.1) is 0 Å². The van der Waals surface area contributed by atoms with E-state index in [-0.39, 0.29) is 17.6 Å². The van der Waals surface area contributed by atoms with Crippen molar-refractivity contribution < 1.29 is 18.7 Å². The van der Waals surface area contributed by atoms with Crippen LogP contribution in [0.2, 0.25) is 0 Å². The first-order valence-electron chi connectivity index (χ1n) is 6.77. The number of nitrogens with zero attached hydrogens (tertiary/aromatic N) is 1. The lowest BCUT2D eigenvalue weighted by atomic mass is 10.1. The molecule has 1 N–H and O–H groups in total. The third-order valence-corrected chi connectivity index (χ3v) is 3.29. The van der Waals surface area contributed by atoms with E-state index in [1.807, 2.05) is 18.7 Å². The molecule has 0 aliphatic heterocycles. The van der Waals surface area contributed by atoms with Gasteiger partial charge in [0.1, 0.15) is 11.6 Å². The first-order valence-corrected chi connectivity index (χ1v) is 6.77. The Kier molecular flexibility index (Phi) is 4.75. The van der Waals surface area contributed by atoms with Gasteiger partial charge in [-0.25, -0.2) is 9.18 Å². The first kappa shape index (κ1) is 15.3. The quantitative estimate of drug-likeness (QED) is 0.884. The van der Waals surface area contributed by atoms with Crippen molar-refractivity contribution in [1.29, 1.82) is 0 Å². The van der Waals surface area contributed by atoms with Crippen molar-refractivity contribution in [3.63, 3.8) is 0 Å². The highest BCUT2D eigenvalue weighted by Crippen LogP contribution is 2.17. The average Bonchev–Trinajstić information content (AvgIpc) is 2.89. The predicted octanol–water partition coefficient (Wildman–Crippen LogP) is 3.53. The monoisotopic (exact) mass is 291 g/mol. The van der Waals surface area contributed by atoms with E-state index in [2.05, 4.69) is 0 Å². The van der Waals surface area contributed by atoms with Crippen LogP contribution in [0.3, 0.4) is 0 Å². The van der Waals surface area contributed by atoms with Gasteiger partial charge < -0.3 is 9.52 Å². The number of aromatic carboxylic acids is 1. The molecule has 0 aliphatic rings. The fourth-order valence-electron chi connectivity index (χ4n) is 2.04. The van der Waals surface area contributed by atoms with Gasteiger partial charge in [0.05, 0.1) is 6.54 Å². The molecule has 0 spiro atoms. The second-order valence-corrected chi connectivity index (χ2v) is 5.16. The summed E-state index contributed by atoms with van der Waals surface area (Å²) in [5.41, 5.74) is 0.608. The molecule has 4 nitrogen and oxygen atoms in total. The van der Waals surface area contributed by atoms with Crippen molar-refractivity contribution in [3.05, 3.63) is 59.3 Å². The topological polar surface area (TPSA) is 53.7 Å². The zero-order chi connectivity index (χ0) is 15.4. The van der Waals surface area contributed by atoms with Crippen LogP contribution in [0.15, 0.2) is 40.8 Å². The smallest absolute Gasteiger partial charge is 0.371 e. The SMILES string of the molecule is CC(C)N(Cc1ccc(C(=O)O)o1)Cc1ccccc1F. The molecule has 5 heteroatoms. The molecule has 2 aromatic rings. The molecular weight excluding hydrogens is 273 g/mol. The van der Waals surface area contributed by atoms with E-state index < -0.39 is 5.97 Å². The van der Waals surface area contributed by atoms with E-state index in [4.69, 9.17) is 9.52 Å². The molecule has 0 bridgehead atoms. The largest absolute Gasteiger partial charge is 0.475 e. The van der Waals surface area contributed by atoms with Crippen molar-refractivity contribution in [1.82, 2.24) is 4.90 Å². The molecule has 0 fully saturated rings. The minimum Gasteiger partial charge on any atom is -0.475 e. The van der Waals surface area contributed by atoms with Crippen molar-refractivity contribution in [2.75, 3.05) is 0 Å². The van der Waals surface area contributed by atoms with Gasteiger partial charge in [0.25, 0.3) is 0 Å². The molecule has 1 heterocycles. The Balaban J connectivity index is 2.12. The molecule has 0 unspecified atom stereocenters. The highest BCUT2D eigenvalue weighted by Gasteiger charge is 2.16. The number of furan rings is 1. The van der Waals surface area contributed by atoms with Crippen LogP contribution in [0.5, 0.6) is 0 Å². The van der Waals surface area contributed by atoms with E-state index in [1.54, 1.807) is 24.3 Å². The molecule has 0 atom stereocenters. The zero-order valence-electron chi connectivity index (χ0n) is 12.0. The van der Waals surface area contributed by atoms with E-state index in [0.717, 1.165) is 0 Å². The molecule has 0 saturated carbocycles. The molecule has 0 aliphatic carbocycles. The number of carbonyl (C=O) groups is 1. The number of hydrogen-bond donors (Lipinski definition) is 1. The lowest BCUT2D eigenvalue weighted by molar-refractivity contribution is 0.0657. The number of hydrogen-bond acceptors (Lipinski definition) is 3. The van der Waals surface area contributed by atoms with Crippen molar-refractivity contribution in [2.24, 2.45) is 0 Å². The molecule has 2 rings (SSSR count). The second-order valence-electron chi connectivity index (χ2n) is 5.16. The van der Waals surface area contributed by atoms with Crippen LogP contribution in [0.1, 0.15) is 35.7 Å². The summed E-state index contributed by atoms with van der Waals surface area (Å²) in [6.07, 6.45) is 0. The summed E-state index contributed by atoms with van der Waals surface area (Å²) in [6, 6.07) is 9.87. The van der Waals surface area contributed by atoms with Crippen LogP contribution in [0, 0.1) is 5.82 Å². The third-order valence-electron chi connectivity index (χ3n) is 3.29. The number of carboxylic acids is 1. The molecule has 0 radical (unpaired) electrons. The maximum absolute atomic E-state index is 13.7. The molecular formula is C16H18FNO3. The maximum Gasteiger partial charge on any atom is 0.371 e. The van der Waals surface area contributed by atoms with Gasteiger partial charge in [-0.2, -0.15) is 0 Å². The molecule has 0 saturated heterocycles. The summed E-state index contributed by atoms with van der Waals surface area (Å²) in [7, 11) is 0. The highest BCUT2D eigenvalue weighted by molar-refractivity contribution is 5.84. The van der Waals surface area contributed by atoms with Crippen molar-refractivity contribution in [3.8, 4) is 0 Å². The van der Waals surface area contributed by atoms with Crippen LogP contribution in [0.25, 0.3) is 0 Å².